The lowest BCUT2D eigenvalue weighted by Crippen LogP contribution is -2.29. The van der Waals surface area contributed by atoms with E-state index in [-0.39, 0.29) is 22.6 Å². The zero-order valence-electron chi connectivity index (χ0n) is 18.2. The first-order valence-electron chi connectivity index (χ1n) is 10.6. The van der Waals surface area contributed by atoms with Crippen molar-refractivity contribution in [2.24, 2.45) is 0 Å². The van der Waals surface area contributed by atoms with Crippen molar-refractivity contribution in [1.29, 1.82) is 0 Å². The summed E-state index contributed by atoms with van der Waals surface area (Å²) in [6.45, 7) is 2.40. The van der Waals surface area contributed by atoms with Gasteiger partial charge in [0.2, 0.25) is 0 Å². The van der Waals surface area contributed by atoms with E-state index in [1.165, 1.54) is 30.3 Å². The number of halogens is 2. The summed E-state index contributed by atoms with van der Waals surface area (Å²) in [7, 11) is 0. The second kappa shape index (κ2) is 9.35. The van der Waals surface area contributed by atoms with E-state index in [0.29, 0.717) is 17.9 Å². The molecule has 1 atom stereocenters. The van der Waals surface area contributed by atoms with E-state index in [4.69, 9.17) is 4.74 Å². The number of phenols is 1. The molecular formula is C26H21F2NO5. The average molecular weight is 465 g/mol. The van der Waals surface area contributed by atoms with Gasteiger partial charge in [-0.1, -0.05) is 31.2 Å². The standard InChI is InChI=1S/C26H21F2NO5/c1-2-11-34-19-8-4-6-16(13-19)24(31)22-23(15-5-3-7-18(30)12-15)29(26(33)25(22)32)17-9-10-20(27)21(28)14-17/h3-10,12-14,23,30-31H,2,11H2,1H3/b24-22+. The molecule has 0 radical (unpaired) electrons. The summed E-state index contributed by atoms with van der Waals surface area (Å²) in [6, 6.07) is 13.8. The molecule has 8 heteroatoms. The molecule has 0 aliphatic carbocycles. The monoisotopic (exact) mass is 465 g/mol. The molecular weight excluding hydrogens is 444 g/mol. The number of benzene rings is 3. The van der Waals surface area contributed by atoms with Crippen LogP contribution in [0.15, 0.2) is 72.3 Å². The number of hydrogen-bond acceptors (Lipinski definition) is 5. The Bertz CT molecular complexity index is 1300. The molecule has 6 nitrogen and oxygen atoms in total. The van der Waals surface area contributed by atoms with Crippen LogP contribution >= 0.6 is 0 Å². The van der Waals surface area contributed by atoms with Gasteiger partial charge in [0, 0.05) is 17.3 Å². The van der Waals surface area contributed by atoms with Crippen LogP contribution in [0.2, 0.25) is 0 Å². The minimum Gasteiger partial charge on any atom is -0.508 e. The molecule has 174 valence electrons. The lowest BCUT2D eigenvalue weighted by atomic mass is 9.95. The minimum absolute atomic E-state index is 0.0755. The van der Waals surface area contributed by atoms with Gasteiger partial charge in [-0.3, -0.25) is 14.5 Å². The maximum Gasteiger partial charge on any atom is 0.300 e. The predicted molar refractivity (Wildman–Crippen MR) is 121 cm³/mol. The highest BCUT2D eigenvalue weighted by Crippen LogP contribution is 2.43. The summed E-state index contributed by atoms with van der Waals surface area (Å²) >= 11 is 0. The summed E-state index contributed by atoms with van der Waals surface area (Å²) in [4.78, 5) is 27.1. The van der Waals surface area contributed by atoms with E-state index >= 15 is 0 Å². The van der Waals surface area contributed by atoms with Crippen molar-refractivity contribution < 1.29 is 33.3 Å². The lowest BCUT2D eigenvalue weighted by Gasteiger charge is -2.25. The number of rotatable bonds is 6. The highest BCUT2D eigenvalue weighted by Gasteiger charge is 2.47. The molecule has 0 aromatic heterocycles. The van der Waals surface area contributed by atoms with Gasteiger partial charge < -0.3 is 14.9 Å². The van der Waals surface area contributed by atoms with Gasteiger partial charge in [-0.25, -0.2) is 8.78 Å². The van der Waals surface area contributed by atoms with Gasteiger partial charge in [-0.15, -0.1) is 0 Å². The van der Waals surface area contributed by atoms with Gasteiger partial charge in [-0.2, -0.15) is 0 Å². The Hall–Kier alpha value is -4.20. The largest absolute Gasteiger partial charge is 0.508 e. The fourth-order valence-electron chi connectivity index (χ4n) is 3.85. The van der Waals surface area contributed by atoms with Gasteiger partial charge >= 0.3 is 0 Å². The maximum absolute atomic E-state index is 14.0. The SMILES string of the molecule is CCCOc1cccc(/C(O)=C2\C(=O)C(=O)N(c3ccc(F)c(F)c3)C2c2cccc(O)c2)c1. The summed E-state index contributed by atoms with van der Waals surface area (Å²) in [6.07, 6.45) is 0.771. The van der Waals surface area contributed by atoms with Crippen LogP contribution in [0.25, 0.3) is 5.76 Å². The molecule has 1 aliphatic heterocycles. The van der Waals surface area contributed by atoms with Crippen molar-refractivity contribution >= 4 is 23.1 Å². The quantitative estimate of drug-likeness (QED) is 0.301. The summed E-state index contributed by atoms with van der Waals surface area (Å²) in [5.74, 6) is -4.47. The number of carbonyl (C=O) groups is 2. The molecule has 2 N–H and O–H groups in total. The average Bonchev–Trinajstić information content (AvgIpc) is 3.09. The minimum atomic E-state index is -1.20. The molecule has 1 heterocycles. The Morgan fingerprint density at radius 1 is 1.00 bits per heavy atom. The number of Topliss-reactive ketones (excluding diaryl/α,β-unsaturated/α-hetero) is 1. The van der Waals surface area contributed by atoms with E-state index in [1.807, 2.05) is 6.92 Å². The first kappa shape index (κ1) is 23.0. The topological polar surface area (TPSA) is 87.1 Å². The van der Waals surface area contributed by atoms with Crippen molar-refractivity contribution in [2.75, 3.05) is 11.5 Å². The third-order valence-corrected chi connectivity index (χ3v) is 5.39. The van der Waals surface area contributed by atoms with Crippen LogP contribution in [-0.2, 0) is 9.59 Å². The number of aromatic hydroxyl groups is 1. The van der Waals surface area contributed by atoms with Gasteiger partial charge in [0.25, 0.3) is 11.7 Å². The summed E-state index contributed by atoms with van der Waals surface area (Å²) in [5, 5.41) is 21.2. The van der Waals surface area contributed by atoms with E-state index in [9.17, 15) is 28.6 Å². The Morgan fingerprint density at radius 2 is 1.76 bits per heavy atom. The Labute approximate surface area is 194 Å². The molecule has 0 spiro atoms. The van der Waals surface area contributed by atoms with Gasteiger partial charge in [0.05, 0.1) is 18.2 Å². The number of carbonyl (C=O) groups excluding carboxylic acids is 2. The Morgan fingerprint density at radius 3 is 2.47 bits per heavy atom. The first-order valence-corrected chi connectivity index (χ1v) is 10.6. The highest BCUT2D eigenvalue weighted by molar-refractivity contribution is 6.51. The Kier molecular flexibility index (Phi) is 6.32. The van der Waals surface area contributed by atoms with E-state index in [0.717, 1.165) is 23.5 Å². The molecule has 0 saturated carbocycles. The highest BCUT2D eigenvalue weighted by atomic mass is 19.2. The molecule has 0 bridgehead atoms. The molecule has 1 unspecified atom stereocenters. The summed E-state index contributed by atoms with van der Waals surface area (Å²) < 4.78 is 33.1. The smallest absolute Gasteiger partial charge is 0.300 e. The first-order chi connectivity index (χ1) is 16.3. The van der Waals surface area contributed by atoms with E-state index in [1.54, 1.807) is 24.3 Å². The second-order valence-electron chi connectivity index (χ2n) is 7.74. The number of ether oxygens (including phenoxy) is 1. The number of anilines is 1. The number of amides is 1. The van der Waals surface area contributed by atoms with Crippen LogP contribution in [0.3, 0.4) is 0 Å². The fourth-order valence-corrected chi connectivity index (χ4v) is 3.85. The molecule has 4 rings (SSSR count). The van der Waals surface area contributed by atoms with Crippen molar-refractivity contribution in [2.45, 2.75) is 19.4 Å². The molecule has 3 aromatic rings. The maximum atomic E-state index is 14.0. The molecule has 3 aromatic carbocycles. The molecule has 34 heavy (non-hydrogen) atoms. The zero-order chi connectivity index (χ0) is 24.4. The number of ketones is 1. The molecule has 1 aliphatic rings. The van der Waals surface area contributed by atoms with Crippen LogP contribution in [0.5, 0.6) is 11.5 Å². The Balaban J connectivity index is 1.91. The van der Waals surface area contributed by atoms with Crippen LogP contribution in [0, 0.1) is 11.6 Å². The van der Waals surface area contributed by atoms with Crippen molar-refractivity contribution in [3.8, 4) is 11.5 Å². The van der Waals surface area contributed by atoms with Crippen LogP contribution < -0.4 is 9.64 Å². The predicted octanol–water partition coefficient (Wildman–Crippen LogP) is 5.09. The van der Waals surface area contributed by atoms with Crippen LogP contribution in [0.4, 0.5) is 14.5 Å². The number of hydrogen-bond donors (Lipinski definition) is 2. The number of nitrogens with zero attached hydrogens (tertiary/aromatic N) is 1. The van der Waals surface area contributed by atoms with Crippen molar-refractivity contribution in [3.63, 3.8) is 0 Å². The number of aliphatic hydroxyl groups is 1. The van der Waals surface area contributed by atoms with Crippen molar-refractivity contribution in [3.05, 3.63) is 95.1 Å². The zero-order valence-corrected chi connectivity index (χ0v) is 18.2. The van der Waals surface area contributed by atoms with Gasteiger partial charge in [0.1, 0.15) is 17.3 Å². The fraction of sp³-hybridized carbons (Fsp3) is 0.154. The molecule has 1 saturated heterocycles. The van der Waals surface area contributed by atoms with E-state index < -0.39 is 35.1 Å². The lowest BCUT2D eigenvalue weighted by molar-refractivity contribution is -0.132. The van der Waals surface area contributed by atoms with Gasteiger partial charge in [0.15, 0.2) is 11.6 Å². The van der Waals surface area contributed by atoms with Gasteiger partial charge in [-0.05, 0) is 48.4 Å². The van der Waals surface area contributed by atoms with Crippen molar-refractivity contribution in [1.82, 2.24) is 0 Å². The third kappa shape index (κ3) is 4.22. The summed E-state index contributed by atoms with van der Waals surface area (Å²) in [5.41, 5.74) is 0.201. The van der Waals surface area contributed by atoms with Crippen LogP contribution in [-0.4, -0.2) is 28.5 Å². The molecule has 1 fully saturated rings. The van der Waals surface area contributed by atoms with E-state index in [2.05, 4.69) is 0 Å². The van der Waals surface area contributed by atoms with Crippen LogP contribution in [0.1, 0.15) is 30.5 Å². The molecule has 1 amide bonds. The normalized spacial score (nSPS) is 17.3. The number of phenolic OH excluding ortho intramolecular Hbond substituents is 1. The number of aliphatic hydroxyl groups excluding tert-OH is 1. The second-order valence-corrected chi connectivity index (χ2v) is 7.74. The third-order valence-electron chi connectivity index (χ3n) is 5.39.